The fourth-order valence-electron chi connectivity index (χ4n) is 3.96. The molecule has 31 heavy (non-hydrogen) atoms. The highest BCUT2D eigenvalue weighted by atomic mass is 32.2. The SMILES string of the molecule is Cc1c(NC(=O)CCN2CCCC(CNS(C)(=O)=O)C2)c(=O)n(-c2ccccc2)n1C. The average molecular weight is 450 g/mol. The topological polar surface area (TPSA) is 105 Å². The monoisotopic (exact) mass is 449 g/mol. The van der Waals surface area contributed by atoms with E-state index >= 15 is 0 Å². The molecule has 3 rings (SSSR count). The van der Waals surface area contributed by atoms with Gasteiger partial charge in [0.1, 0.15) is 5.69 Å². The van der Waals surface area contributed by atoms with Crippen molar-refractivity contribution in [1.82, 2.24) is 19.0 Å². The van der Waals surface area contributed by atoms with Crippen molar-refractivity contribution in [3.05, 3.63) is 46.4 Å². The first-order valence-electron chi connectivity index (χ1n) is 10.5. The molecule has 0 spiro atoms. The predicted octanol–water partition coefficient (Wildman–Crippen LogP) is 1.07. The summed E-state index contributed by atoms with van der Waals surface area (Å²) < 4.78 is 28.5. The smallest absolute Gasteiger partial charge is 0.295 e. The zero-order valence-corrected chi connectivity index (χ0v) is 19.1. The highest BCUT2D eigenvalue weighted by Crippen LogP contribution is 2.17. The van der Waals surface area contributed by atoms with Crippen molar-refractivity contribution in [2.75, 3.05) is 37.8 Å². The average Bonchev–Trinajstić information content (AvgIpc) is 2.94. The van der Waals surface area contributed by atoms with E-state index in [0.29, 0.717) is 24.5 Å². The third-order valence-corrected chi connectivity index (χ3v) is 6.40. The van der Waals surface area contributed by atoms with Gasteiger partial charge in [0.25, 0.3) is 5.56 Å². The van der Waals surface area contributed by atoms with Crippen LogP contribution in [-0.4, -0.2) is 61.0 Å². The van der Waals surface area contributed by atoms with Gasteiger partial charge in [-0.3, -0.25) is 14.3 Å². The number of para-hydroxylation sites is 1. The molecule has 0 radical (unpaired) electrons. The molecule has 1 aliphatic rings. The van der Waals surface area contributed by atoms with Crippen LogP contribution < -0.4 is 15.6 Å². The minimum absolute atomic E-state index is 0.206. The number of anilines is 1. The van der Waals surface area contributed by atoms with E-state index in [4.69, 9.17) is 0 Å². The van der Waals surface area contributed by atoms with Crippen LogP contribution in [-0.2, 0) is 21.9 Å². The molecule has 1 aliphatic heterocycles. The molecule has 1 aromatic carbocycles. The maximum absolute atomic E-state index is 12.9. The fraction of sp³-hybridized carbons (Fsp3) is 0.524. The van der Waals surface area contributed by atoms with Crippen molar-refractivity contribution < 1.29 is 13.2 Å². The largest absolute Gasteiger partial charge is 0.320 e. The number of nitrogens with one attached hydrogen (secondary N) is 2. The van der Waals surface area contributed by atoms with Crippen LogP contribution in [0.5, 0.6) is 0 Å². The summed E-state index contributed by atoms with van der Waals surface area (Å²) in [6, 6.07) is 9.30. The van der Waals surface area contributed by atoms with Gasteiger partial charge in [0.15, 0.2) is 0 Å². The number of aromatic nitrogens is 2. The molecule has 2 aromatic rings. The van der Waals surface area contributed by atoms with Crippen molar-refractivity contribution in [3.8, 4) is 5.69 Å². The predicted molar refractivity (Wildman–Crippen MR) is 121 cm³/mol. The van der Waals surface area contributed by atoms with Crippen molar-refractivity contribution in [2.45, 2.75) is 26.2 Å². The van der Waals surface area contributed by atoms with Gasteiger partial charge in [-0.05, 0) is 44.4 Å². The Bertz CT molecular complexity index is 1080. The summed E-state index contributed by atoms with van der Waals surface area (Å²) in [5.41, 5.74) is 1.46. The summed E-state index contributed by atoms with van der Waals surface area (Å²) >= 11 is 0. The summed E-state index contributed by atoms with van der Waals surface area (Å²) in [4.78, 5) is 27.7. The molecule has 1 unspecified atom stereocenters. The van der Waals surface area contributed by atoms with Crippen LogP contribution >= 0.6 is 0 Å². The number of hydrogen-bond acceptors (Lipinski definition) is 5. The molecule has 9 nitrogen and oxygen atoms in total. The highest BCUT2D eigenvalue weighted by molar-refractivity contribution is 7.88. The number of nitrogens with zero attached hydrogens (tertiary/aromatic N) is 3. The van der Waals surface area contributed by atoms with E-state index in [9.17, 15) is 18.0 Å². The number of benzene rings is 1. The van der Waals surface area contributed by atoms with E-state index in [0.717, 1.165) is 37.9 Å². The first-order chi connectivity index (χ1) is 14.7. The molecule has 1 aromatic heterocycles. The molecule has 1 fully saturated rings. The standard InChI is InChI=1S/C21H31N5O4S/c1-16-20(21(28)26(24(16)2)18-9-5-4-6-10-18)23-19(27)11-13-25-12-7-8-17(15-25)14-22-31(3,29)30/h4-6,9-10,17,22H,7-8,11-15H2,1-3H3,(H,23,27). The normalized spacial score (nSPS) is 17.6. The molecule has 2 heterocycles. The van der Waals surface area contributed by atoms with Gasteiger partial charge in [0, 0.05) is 33.1 Å². The summed E-state index contributed by atoms with van der Waals surface area (Å²) in [6.45, 7) is 4.43. The van der Waals surface area contributed by atoms with Crippen LogP contribution in [0.4, 0.5) is 5.69 Å². The van der Waals surface area contributed by atoms with Gasteiger partial charge in [-0.25, -0.2) is 17.8 Å². The molecular formula is C21H31N5O4S. The summed E-state index contributed by atoms with van der Waals surface area (Å²) in [5, 5.41) is 2.79. The summed E-state index contributed by atoms with van der Waals surface area (Å²) in [6.07, 6.45) is 3.37. The molecule has 170 valence electrons. The Kier molecular flexibility index (Phi) is 7.34. The van der Waals surface area contributed by atoms with E-state index in [1.54, 1.807) is 18.7 Å². The van der Waals surface area contributed by atoms with Crippen molar-refractivity contribution >= 4 is 21.6 Å². The Hall–Kier alpha value is -2.43. The molecule has 0 bridgehead atoms. The molecule has 0 aliphatic carbocycles. The van der Waals surface area contributed by atoms with Crippen LogP contribution in [0.3, 0.4) is 0 Å². The minimum atomic E-state index is -3.20. The minimum Gasteiger partial charge on any atom is -0.320 e. The van der Waals surface area contributed by atoms with Gasteiger partial charge < -0.3 is 10.2 Å². The van der Waals surface area contributed by atoms with E-state index in [1.165, 1.54) is 4.68 Å². The molecule has 1 amide bonds. The van der Waals surface area contributed by atoms with Crippen LogP contribution in [0.1, 0.15) is 25.0 Å². The second kappa shape index (κ2) is 9.80. The molecule has 0 saturated carbocycles. The first kappa shape index (κ1) is 23.2. The Morgan fingerprint density at radius 3 is 2.61 bits per heavy atom. The Labute approximate surface area is 183 Å². The molecular weight excluding hydrogens is 418 g/mol. The number of amides is 1. The quantitative estimate of drug-likeness (QED) is 0.627. The lowest BCUT2D eigenvalue weighted by Crippen LogP contribution is -2.41. The summed E-state index contributed by atoms with van der Waals surface area (Å²) in [7, 11) is -1.41. The zero-order chi connectivity index (χ0) is 22.6. The second-order valence-corrected chi connectivity index (χ2v) is 10.00. The van der Waals surface area contributed by atoms with Gasteiger partial charge in [-0.15, -0.1) is 0 Å². The second-order valence-electron chi connectivity index (χ2n) is 8.16. The molecule has 2 N–H and O–H groups in total. The Morgan fingerprint density at radius 2 is 1.94 bits per heavy atom. The third kappa shape index (κ3) is 6.05. The van der Waals surface area contributed by atoms with E-state index in [1.807, 2.05) is 30.3 Å². The Balaban J connectivity index is 1.58. The lowest BCUT2D eigenvalue weighted by atomic mass is 9.98. The number of hydrogen-bond donors (Lipinski definition) is 2. The number of likely N-dealkylation sites (tertiary alicyclic amines) is 1. The lowest BCUT2D eigenvalue weighted by molar-refractivity contribution is -0.116. The third-order valence-electron chi connectivity index (χ3n) is 5.71. The van der Waals surface area contributed by atoms with Crippen LogP contribution in [0.2, 0.25) is 0 Å². The van der Waals surface area contributed by atoms with E-state index in [-0.39, 0.29) is 23.8 Å². The van der Waals surface area contributed by atoms with Gasteiger partial charge in [0.2, 0.25) is 15.9 Å². The number of carbonyl (C=O) groups is 1. The zero-order valence-electron chi connectivity index (χ0n) is 18.3. The van der Waals surface area contributed by atoms with Gasteiger partial charge in [-0.2, -0.15) is 0 Å². The number of rotatable bonds is 8. The Morgan fingerprint density at radius 1 is 1.23 bits per heavy atom. The van der Waals surface area contributed by atoms with Crippen molar-refractivity contribution in [2.24, 2.45) is 13.0 Å². The highest BCUT2D eigenvalue weighted by Gasteiger charge is 2.22. The maximum atomic E-state index is 12.9. The summed E-state index contributed by atoms with van der Waals surface area (Å²) in [5.74, 6) is 0.0309. The first-order valence-corrected chi connectivity index (χ1v) is 12.4. The van der Waals surface area contributed by atoms with Crippen molar-refractivity contribution in [3.63, 3.8) is 0 Å². The maximum Gasteiger partial charge on any atom is 0.295 e. The number of carbonyl (C=O) groups excluding carboxylic acids is 1. The molecule has 1 atom stereocenters. The van der Waals surface area contributed by atoms with Crippen LogP contribution in [0.25, 0.3) is 5.69 Å². The number of sulfonamides is 1. The lowest BCUT2D eigenvalue weighted by Gasteiger charge is -2.32. The van der Waals surface area contributed by atoms with Gasteiger partial charge in [0.05, 0.1) is 17.6 Å². The van der Waals surface area contributed by atoms with E-state index in [2.05, 4.69) is 14.9 Å². The van der Waals surface area contributed by atoms with Crippen LogP contribution in [0.15, 0.2) is 35.1 Å². The number of piperidine rings is 1. The van der Waals surface area contributed by atoms with Gasteiger partial charge in [-0.1, -0.05) is 18.2 Å². The van der Waals surface area contributed by atoms with Crippen LogP contribution in [0, 0.1) is 12.8 Å². The molecule has 10 heteroatoms. The van der Waals surface area contributed by atoms with Gasteiger partial charge >= 0.3 is 0 Å². The van der Waals surface area contributed by atoms with Crippen molar-refractivity contribution in [1.29, 1.82) is 0 Å². The fourth-order valence-corrected chi connectivity index (χ4v) is 4.50. The molecule has 1 saturated heterocycles. The van der Waals surface area contributed by atoms with E-state index < -0.39 is 10.0 Å².